The lowest BCUT2D eigenvalue weighted by molar-refractivity contribution is -0.132. The lowest BCUT2D eigenvalue weighted by Crippen LogP contribution is -2.29. The fraction of sp³-hybridized carbons (Fsp3) is 0.174. The molecule has 0 bridgehead atoms. The molecule has 4 rings (SSSR count). The number of hydrogen-bond donors (Lipinski definition) is 1. The van der Waals surface area contributed by atoms with Crippen molar-refractivity contribution in [3.8, 4) is 5.75 Å². The Hall–Kier alpha value is -3.45. The highest BCUT2D eigenvalue weighted by Crippen LogP contribution is 2.45. The van der Waals surface area contributed by atoms with Crippen LogP contribution in [0.15, 0.2) is 60.2 Å². The molecule has 1 fully saturated rings. The van der Waals surface area contributed by atoms with E-state index in [0.29, 0.717) is 22.0 Å². The van der Waals surface area contributed by atoms with Gasteiger partial charge in [-0.3, -0.25) is 14.5 Å². The number of carbonyl (C=O) groups is 2. The number of aromatic nitrogens is 1. The summed E-state index contributed by atoms with van der Waals surface area (Å²) < 4.78 is 5.50. The minimum absolute atomic E-state index is 0.0150. The number of Topliss-reactive ketones (excluding diaryl/α,β-unsaturated/α-hetero) is 1. The van der Waals surface area contributed by atoms with Gasteiger partial charge in [-0.05, 0) is 19.9 Å². The van der Waals surface area contributed by atoms with E-state index in [1.54, 1.807) is 42.5 Å². The molecule has 2 aromatic carbocycles. The number of ether oxygens (including phenoxy) is 1. The van der Waals surface area contributed by atoms with Crippen LogP contribution in [0.4, 0.5) is 5.13 Å². The van der Waals surface area contributed by atoms with E-state index in [1.807, 2.05) is 26.0 Å². The predicted molar refractivity (Wildman–Crippen MR) is 116 cm³/mol. The number of anilines is 1. The van der Waals surface area contributed by atoms with Crippen LogP contribution in [0.1, 0.15) is 27.7 Å². The van der Waals surface area contributed by atoms with Crippen LogP contribution in [-0.4, -0.2) is 28.9 Å². The molecule has 0 spiro atoms. The summed E-state index contributed by atoms with van der Waals surface area (Å²) in [5, 5.41) is 11.5. The molecule has 1 aliphatic heterocycles. The minimum atomic E-state index is -0.855. The smallest absolute Gasteiger partial charge is 0.301 e. The second-order valence-corrected chi connectivity index (χ2v) is 8.10. The first kappa shape index (κ1) is 19.8. The number of aryl methyl sites for hydroxylation is 2. The highest BCUT2D eigenvalue weighted by molar-refractivity contribution is 7.16. The molecule has 152 valence electrons. The van der Waals surface area contributed by atoms with E-state index < -0.39 is 17.7 Å². The highest BCUT2D eigenvalue weighted by Gasteiger charge is 2.49. The second kappa shape index (κ2) is 7.76. The molecule has 7 heteroatoms. The van der Waals surface area contributed by atoms with Crippen molar-refractivity contribution in [3.05, 3.63) is 81.9 Å². The van der Waals surface area contributed by atoms with Gasteiger partial charge in [-0.1, -0.05) is 48.5 Å². The Kier molecular flexibility index (Phi) is 5.13. The molecule has 1 aromatic heterocycles. The van der Waals surface area contributed by atoms with Gasteiger partial charge in [0, 0.05) is 16.0 Å². The average Bonchev–Trinajstić information content (AvgIpc) is 3.23. The van der Waals surface area contributed by atoms with Crippen molar-refractivity contribution in [2.75, 3.05) is 12.0 Å². The lowest BCUT2D eigenvalue weighted by atomic mass is 9.95. The molecule has 1 saturated heterocycles. The molecule has 1 atom stereocenters. The summed E-state index contributed by atoms with van der Waals surface area (Å²) in [6.45, 7) is 3.77. The Morgan fingerprint density at radius 1 is 1.07 bits per heavy atom. The Balaban J connectivity index is 1.99. The summed E-state index contributed by atoms with van der Waals surface area (Å²) >= 11 is 1.34. The van der Waals surface area contributed by atoms with Crippen LogP contribution in [-0.2, 0) is 9.59 Å². The fourth-order valence-electron chi connectivity index (χ4n) is 3.53. The maximum Gasteiger partial charge on any atom is 0.301 e. The summed E-state index contributed by atoms with van der Waals surface area (Å²) in [7, 11) is 1.53. The van der Waals surface area contributed by atoms with Crippen LogP contribution in [0.25, 0.3) is 5.76 Å². The average molecular weight is 420 g/mol. The summed E-state index contributed by atoms with van der Waals surface area (Å²) in [6.07, 6.45) is 0. The zero-order valence-electron chi connectivity index (χ0n) is 16.7. The predicted octanol–water partition coefficient (Wildman–Crippen LogP) is 4.39. The summed E-state index contributed by atoms with van der Waals surface area (Å²) in [5.74, 6) is -1.19. The standard InChI is InChI=1S/C23H20N2O4S/c1-13-14(2)30-23(24-13)25-19(16-11-7-8-12-17(16)29-3)18(21(27)22(25)28)20(26)15-9-5-4-6-10-15/h4-12,19,26H,1-3H3/b20-18+. The molecule has 2 heterocycles. The molecule has 0 radical (unpaired) electrons. The van der Waals surface area contributed by atoms with E-state index in [1.165, 1.54) is 23.3 Å². The fourth-order valence-corrected chi connectivity index (χ4v) is 4.46. The molecule has 1 unspecified atom stereocenters. The number of aliphatic hydroxyl groups excluding tert-OH is 1. The number of methoxy groups -OCH3 is 1. The van der Waals surface area contributed by atoms with E-state index >= 15 is 0 Å². The van der Waals surface area contributed by atoms with Crippen molar-refractivity contribution in [2.45, 2.75) is 19.9 Å². The largest absolute Gasteiger partial charge is 0.507 e. The second-order valence-electron chi connectivity index (χ2n) is 6.92. The number of benzene rings is 2. The van der Waals surface area contributed by atoms with E-state index in [2.05, 4.69) is 4.98 Å². The Morgan fingerprint density at radius 2 is 1.73 bits per heavy atom. The first-order valence-corrected chi connectivity index (χ1v) is 10.2. The number of ketones is 1. The number of amides is 1. The van der Waals surface area contributed by atoms with Gasteiger partial charge in [0.25, 0.3) is 5.78 Å². The van der Waals surface area contributed by atoms with Crippen molar-refractivity contribution in [2.24, 2.45) is 0 Å². The van der Waals surface area contributed by atoms with Crippen LogP contribution < -0.4 is 9.64 Å². The molecule has 6 nitrogen and oxygen atoms in total. The van der Waals surface area contributed by atoms with Crippen molar-refractivity contribution in [1.82, 2.24) is 4.98 Å². The summed E-state index contributed by atoms with van der Waals surface area (Å²) in [5.41, 5.74) is 1.86. The van der Waals surface area contributed by atoms with Gasteiger partial charge in [0.2, 0.25) is 0 Å². The Labute approximate surface area is 178 Å². The number of thiazole rings is 1. The minimum Gasteiger partial charge on any atom is -0.507 e. The molecular formula is C23H20N2O4S. The van der Waals surface area contributed by atoms with Crippen LogP contribution in [0.5, 0.6) is 5.75 Å². The first-order valence-electron chi connectivity index (χ1n) is 9.37. The van der Waals surface area contributed by atoms with Gasteiger partial charge in [0.05, 0.1) is 18.4 Å². The number of hydrogen-bond acceptors (Lipinski definition) is 6. The summed E-state index contributed by atoms with van der Waals surface area (Å²) in [4.78, 5) is 33.0. The number of carbonyl (C=O) groups excluding carboxylic acids is 2. The highest BCUT2D eigenvalue weighted by atomic mass is 32.1. The number of para-hydroxylation sites is 1. The quantitative estimate of drug-likeness (QED) is 0.385. The third-order valence-electron chi connectivity index (χ3n) is 5.15. The Morgan fingerprint density at radius 3 is 2.37 bits per heavy atom. The van der Waals surface area contributed by atoms with Gasteiger partial charge in [0.15, 0.2) is 5.13 Å². The van der Waals surface area contributed by atoms with Crippen LogP contribution in [0, 0.1) is 13.8 Å². The molecule has 1 aliphatic rings. The number of aliphatic hydroxyl groups is 1. The molecule has 1 amide bonds. The van der Waals surface area contributed by atoms with E-state index in [-0.39, 0.29) is 11.3 Å². The molecule has 0 saturated carbocycles. The normalized spacial score (nSPS) is 18.1. The van der Waals surface area contributed by atoms with Crippen LogP contribution in [0.3, 0.4) is 0 Å². The number of nitrogens with zero attached hydrogens (tertiary/aromatic N) is 2. The van der Waals surface area contributed by atoms with Gasteiger partial charge >= 0.3 is 5.91 Å². The molecular weight excluding hydrogens is 400 g/mol. The van der Waals surface area contributed by atoms with E-state index in [4.69, 9.17) is 4.74 Å². The van der Waals surface area contributed by atoms with Crippen molar-refractivity contribution < 1.29 is 19.4 Å². The van der Waals surface area contributed by atoms with E-state index in [0.717, 1.165) is 10.6 Å². The van der Waals surface area contributed by atoms with Gasteiger partial charge < -0.3 is 9.84 Å². The first-order chi connectivity index (χ1) is 14.4. The van der Waals surface area contributed by atoms with Crippen molar-refractivity contribution >= 4 is 33.9 Å². The van der Waals surface area contributed by atoms with Gasteiger partial charge in [-0.25, -0.2) is 4.98 Å². The zero-order chi connectivity index (χ0) is 21.4. The van der Waals surface area contributed by atoms with Crippen molar-refractivity contribution in [1.29, 1.82) is 0 Å². The van der Waals surface area contributed by atoms with Gasteiger partial charge in [0.1, 0.15) is 17.6 Å². The molecule has 30 heavy (non-hydrogen) atoms. The topological polar surface area (TPSA) is 79.7 Å². The molecule has 3 aromatic rings. The van der Waals surface area contributed by atoms with Crippen LogP contribution in [0.2, 0.25) is 0 Å². The van der Waals surface area contributed by atoms with Crippen LogP contribution >= 0.6 is 11.3 Å². The maximum absolute atomic E-state index is 13.1. The van der Waals surface area contributed by atoms with Gasteiger partial charge in [-0.2, -0.15) is 0 Å². The molecule has 1 N–H and O–H groups in total. The Bertz CT molecular complexity index is 1150. The van der Waals surface area contributed by atoms with Gasteiger partial charge in [-0.15, -0.1) is 11.3 Å². The maximum atomic E-state index is 13.1. The summed E-state index contributed by atoms with van der Waals surface area (Å²) in [6, 6.07) is 15.0. The zero-order valence-corrected chi connectivity index (χ0v) is 17.6. The van der Waals surface area contributed by atoms with Crippen molar-refractivity contribution in [3.63, 3.8) is 0 Å². The SMILES string of the molecule is COc1ccccc1C1/C(=C(\O)c2ccccc2)C(=O)C(=O)N1c1nc(C)c(C)s1. The van der Waals surface area contributed by atoms with E-state index in [9.17, 15) is 14.7 Å². The number of rotatable bonds is 4. The molecule has 0 aliphatic carbocycles. The lowest BCUT2D eigenvalue weighted by Gasteiger charge is -2.24. The third kappa shape index (κ3) is 3.17. The monoisotopic (exact) mass is 420 g/mol. The third-order valence-corrected chi connectivity index (χ3v) is 6.22.